The van der Waals surface area contributed by atoms with Gasteiger partial charge in [0.05, 0.1) is 5.02 Å². The normalized spacial score (nSPS) is 13.4. The third kappa shape index (κ3) is 4.97. The minimum Gasteiger partial charge on any atom is -0.330 e. The van der Waals surface area contributed by atoms with Crippen molar-refractivity contribution in [3.8, 4) is 0 Å². The summed E-state index contributed by atoms with van der Waals surface area (Å²) in [7, 11) is 0. The monoisotopic (exact) mass is 379 g/mol. The predicted molar refractivity (Wildman–Crippen MR) is 106 cm³/mol. The fourth-order valence-corrected chi connectivity index (χ4v) is 3.69. The predicted octanol–water partition coefficient (Wildman–Crippen LogP) is 4.57. The number of carbonyl (C=O) groups is 1. The van der Waals surface area contributed by atoms with E-state index >= 15 is 0 Å². The van der Waals surface area contributed by atoms with Crippen LogP contribution in [-0.2, 0) is 4.79 Å². The average molecular weight is 380 g/mol. The number of hydrogen-bond acceptors (Lipinski definition) is 1. The highest BCUT2D eigenvalue weighted by Gasteiger charge is 2.22. The van der Waals surface area contributed by atoms with Gasteiger partial charge in [-0.3, -0.25) is 4.79 Å². The zero-order valence-corrected chi connectivity index (χ0v) is 16.8. The number of rotatable bonds is 5. The zero-order chi connectivity index (χ0) is 18.7. The van der Waals surface area contributed by atoms with Gasteiger partial charge in [0.1, 0.15) is 6.04 Å². The minimum atomic E-state index is -0.248. The molecule has 0 aliphatic heterocycles. The van der Waals surface area contributed by atoms with E-state index in [4.69, 9.17) is 23.2 Å². The molecule has 2 aromatic carbocycles. The Balaban J connectivity index is 2.08. The Hall–Kier alpha value is -1.55. The molecular weight excluding hydrogens is 355 g/mol. The first-order valence-electron chi connectivity index (χ1n) is 8.37. The van der Waals surface area contributed by atoms with Crippen LogP contribution in [0.1, 0.15) is 42.1 Å². The molecule has 0 aliphatic rings. The standard InChI is InChI=1S/C20H24Cl2N2O/c1-11-8-12(2)19(13(3)9-11)24-20(25)15(5)23-14(4)17-7-6-16(21)10-18(17)22/h6-10,14-15,23H,1-5H3,(H,24,25)/p+1/t14-,15+/m0/s1. The summed E-state index contributed by atoms with van der Waals surface area (Å²) in [5.74, 6) is -0.0213. The van der Waals surface area contributed by atoms with E-state index in [9.17, 15) is 4.79 Å². The molecule has 3 N–H and O–H groups in total. The van der Waals surface area contributed by atoms with Crippen molar-refractivity contribution in [2.45, 2.75) is 46.7 Å². The molecule has 0 saturated carbocycles. The Morgan fingerprint density at radius 2 is 1.64 bits per heavy atom. The zero-order valence-electron chi connectivity index (χ0n) is 15.3. The second kappa shape index (κ2) is 8.22. The van der Waals surface area contributed by atoms with Crippen molar-refractivity contribution in [3.05, 3.63) is 62.6 Å². The second-order valence-corrected chi connectivity index (χ2v) is 7.54. The van der Waals surface area contributed by atoms with Gasteiger partial charge in [-0.1, -0.05) is 47.0 Å². The summed E-state index contributed by atoms with van der Waals surface area (Å²) in [5.41, 5.74) is 5.21. The molecular formula is C20H25Cl2N2O+. The molecule has 0 heterocycles. The van der Waals surface area contributed by atoms with Crippen LogP contribution in [0.5, 0.6) is 0 Å². The van der Waals surface area contributed by atoms with Gasteiger partial charge in [0.2, 0.25) is 0 Å². The van der Waals surface area contributed by atoms with Crippen LogP contribution in [-0.4, -0.2) is 11.9 Å². The lowest BCUT2D eigenvalue weighted by Gasteiger charge is -2.19. The van der Waals surface area contributed by atoms with Crippen LogP contribution in [0.2, 0.25) is 10.0 Å². The number of nitrogens with one attached hydrogen (secondary N) is 1. The number of nitrogens with two attached hydrogens (primary N) is 1. The maximum atomic E-state index is 12.6. The first-order valence-corrected chi connectivity index (χ1v) is 9.13. The van der Waals surface area contributed by atoms with Gasteiger partial charge in [-0.05, 0) is 57.9 Å². The Morgan fingerprint density at radius 1 is 1.04 bits per heavy atom. The number of hydrogen-bond donors (Lipinski definition) is 2. The van der Waals surface area contributed by atoms with Crippen molar-refractivity contribution in [2.75, 3.05) is 5.32 Å². The molecule has 3 nitrogen and oxygen atoms in total. The molecule has 0 aromatic heterocycles. The third-order valence-corrected chi connectivity index (χ3v) is 4.93. The molecule has 0 spiro atoms. The summed E-state index contributed by atoms with van der Waals surface area (Å²) in [4.78, 5) is 12.6. The molecule has 0 aliphatic carbocycles. The van der Waals surface area contributed by atoms with Crippen LogP contribution < -0.4 is 10.6 Å². The highest BCUT2D eigenvalue weighted by Crippen LogP contribution is 2.25. The molecule has 0 radical (unpaired) electrons. The van der Waals surface area contributed by atoms with Crippen molar-refractivity contribution in [1.82, 2.24) is 0 Å². The summed E-state index contributed by atoms with van der Waals surface area (Å²) >= 11 is 12.2. The Labute approximate surface area is 159 Å². The highest BCUT2D eigenvalue weighted by molar-refractivity contribution is 6.35. The van der Waals surface area contributed by atoms with Crippen LogP contribution >= 0.6 is 23.2 Å². The SMILES string of the molecule is Cc1cc(C)c(NC(=O)[C@@H](C)[NH2+][C@@H](C)c2ccc(Cl)cc2Cl)c(C)c1. The van der Waals surface area contributed by atoms with Gasteiger partial charge in [0.25, 0.3) is 5.91 Å². The maximum Gasteiger partial charge on any atom is 0.282 e. The molecule has 1 amide bonds. The topological polar surface area (TPSA) is 45.7 Å². The second-order valence-electron chi connectivity index (χ2n) is 6.70. The van der Waals surface area contributed by atoms with E-state index in [-0.39, 0.29) is 18.0 Å². The van der Waals surface area contributed by atoms with Crippen LogP contribution in [0, 0.1) is 20.8 Å². The third-order valence-electron chi connectivity index (χ3n) is 4.37. The largest absolute Gasteiger partial charge is 0.330 e. The quantitative estimate of drug-likeness (QED) is 0.784. The van der Waals surface area contributed by atoms with Crippen molar-refractivity contribution in [3.63, 3.8) is 0 Å². The summed E-state index contributed by atoms with van der Waals surface area (Å²) in [5, 5.41) is 6.29. The maximum absolute atomic E-state index is 12.6. The Kier molecular flexibility index (Phi) is 6.50. The minimum absolute atomic E-state index is 0.0213. The summed E-state index contributed by atoms with van der Waals surface area (Å²) in [6.07, 6.45) is 0. The number of halogens is 2. The summed E-state index contributed by atoms with van der Waals surface area (Å²) in [6, 6.07) is 9.40. The Morgan fingerprint density at radius 3 is 2.20 bits per heavy atom. The fraction of sp³-hybridized carbons (Fsp3) is 0.350. The lowest BCUT2D eigenvalue weighted by Crippen LogP contribution is -2.91. The molecule has 2 atom stereocenters. The van der Waals surface area contributed by atoms with Crippen molar-refractivity contribution in [2.24, 2.45) is 0 Å². The summed E-state index contributed by atoms with van der Waals surface area (Å²) in [6.45, 7) is 10.0. The number of carbonyl (C=O) groups excluding carboxylic acids is 1. The van der Waals surface area contributed by atoms with Crippen LogP contribution in [0.25, 0.3) is 0 Å². The number of aryl methyl sites for hydroxylation is 3. The van der Waals surface area contributed by atoms with E-state index in [1.54, 1.807) is 6.07 Å². The van der Waals surface area contributed by atoms with Gasteiger partial charge in [-0.2, -0.15) is 0 Å². The number of benzene rings is 2. The van der Waals surface area contributed by atoms with E-state index in [0.717, 1.165) is 22.4 Å². The van der Waals surface area contributed by atoms with E-state index in [2.05, 4.69) is 24.4 Å². The average Bonchev–Trinajstić information content (AvgIpc) is 2.50. The molecule has 25 heavy (non-hydrogen) atoms. The van der Waals surface area contributed by atoms with Gasteiger partial charge >= 0.3 is 0 Å². The molecule has 0 bridgehead atoms. The fourth-order valence-electron chi connectivity index (χ4n) is 3.11. The van der Waals surface area contributed by atoms with E-state index in [0.29, 0.717) is 10.0 Å². The molecule has 2 rings (SSSR count). The Bertz CT molecular complexity index is 766. The molecule has 134 valence electrons. The molecule has 2 aromatic rings. The van der Waals surface area contributed by atoms with Crippen LogP contribution in [0.15, 0.2) is 30.3 Å². The number of amides is 1. The van der Waals surface area contributed by atoms with Crippen molar-refractivity contribution >= 4 is 34.8 Å². The van der Waals surface area contributed by atoms with E-state index in [1.165, 1.54) is 5.56 Å². The first kappa shape index (κ1) is 19.8. The van der Waals surface area contributed by atoms with Gasteiger partial charge in [-0.15, -0.1) is 0 Å². The van der Waals surface area contributed by atoms with Gasteiger partial charge in [0.15, 0.2) is 6.04 Å². The lowest BCUT2D eigenvalue weighted by atomic mass is 10.0. The first-order chi connectivity index (χ1) is 11.7. The number of quaternary nitrogens is 1. The number of anilines is 1. The van der Waals surface area contributed by atoms with Gasteiger partial charge in [-0.25, -0.2) is 0 Å². The van der Waals surface area contributed by atoms with Gasteiger partial charge in [0, 0.05) is 16.3 Å². The van der Waals surface area contributed by atoms with Crippen molar-refractivity contribution < 1.29 is 10.1 Å². The van der Waals surface area contributed by atoms with Crippen molar-refractivity contribution in [1.29, 1.82) is 0 Å². The molecule has 0 unspecified atom stereocenters. The summed E-state index contributed by atoms with van der Waals surface area (Å²) < 4.78 is 0. The highest BCUT2D eigenvalue weighted by atomic mass is 35.5. The van der Waals surface area contributed by atoms with Crippen LogP contribution in [0.3, 0.4) is 0 Å². The van der Waals surface area contributed by atoms with E-state index in [1.807, 2.05) is 45.1 Å². The molecule has 0 saturated heterocycles. The smallest absolute Gasteiger partial charge is 0.282 e. The molecule has 0 fully saturated rings. The van der Waals surface area contributed by atoms with E-state index < -0.39 is 0 Å². The van der Waals surface area contributed by atoms with Crippen LogP contribution in [0.4, 0.5) is 5.69 Å². The molecule has 5 heteroatoms. The van der Waals surface area contributed by atoms with Gasteiger partial charge < -0.3 is 10.6 Å². The lowest BCUT2D eigenvalue weighted by molar-refractivity contribution is -0.709.